The molecule has 2 rings (SSSR count). The van der Waals surface area contributed by atoms with Crippen LogP contribution in [0.4, 0.5) is 0 Å². The number of carbonyl (C=O) groups is 1. The van der Waals surface area contributed by atoms with Crippen molar-refractivity contribution in [1.29, 1.82) is 0 Å². The Balaban J connectivity index is 2.25. The highest BCUT2D eigenvalue weighted by Crippen LogP contribution is 2.32. The molecule has 0 aliphatic carbocycles. The Morgan fingerprint density at radius 2 is 2.25 bits per heavy atom. The van der Waals surface area contributed by atoms with E-state index in [0.717, 1.165) is 5.56 Å². The summed E-state index contributed by atoms with van der Waals surface area (Å²) in [5, 5.41) is 13.6. The molecule has 0 unspecified atom stereocenters. The van der Waals surface area contributed by atoms with Gasteiger partial charge in [0, 0.05) is 17.7 Å². The van der Waals surface area contributed by atoms with Crippen LogP contribution in [0.5, 0.6) is 11.5 Å². The highest BCUT2D eigenvalue weighted by Gasteiger charge is 2.08. The van der Waals surface area contributed by atoms with Crippen LogP contribution in [0.1, 0.15) is 15.9 Å². The summed E-state index contributed by atoms with van der Waals surface area (Å²) in [6.45, 7) is 0. The van der Waals surface area contributed by atoms with Crippen molar-refractivity contribution in [2.24, 2.45) is 7.05 Å². The molecule has 0 amide bonds. The third-order valence-electron chi connectivity index (χ3n) is 2.70. The number of ketones is 1. The first-order chi connectivity index (χ1) is 9.51. The topological polar surface area (TPSA) is 64.3 Å². The van der Waals surface area contributed by atoms with E-state index in [-0.39, 0.29) is 11.5 Å². The van der Waals surface area contributed by atoms with Crippen molar-refractivity contribution in [1.82, 2.24) is 9.78 Å². The molecule has 2 aromatic rings. The first-order valence-corrected chi connectivity index (χ1v) is 6.58. The first kappa shape index (κ1) is 14.3. The number of aryl methyl sites for hydroxylation is 1. The Labute approximate surface area is 124 Å². The van der Waals surface area contributed by atoms with Gasteiger partial charge < -0.3 is 9.84 Å². The van der Waals surface area contributed by atoms with Crippen molar-refractivity contribution in [3.63, 3.8) is 0 Å². The summed E-state index contributed by atoms with van der Waals surface area (Å²) in [5.41, 5.74) is 1.25. The van der Waals surface area contributed by atoms with Gasteiger partial charge in [-0.05, 0) is 29.8 Å². The fourth-order valence-electron chi connectivity index (χ4n) is 1.66. The van der Waals surface area contributed by atoms with E-state index in [4.69, 9.17) is 4.74 Å². The minimum Gasteiger partial charge on any atom is -0.504 e. The van der Waals surface area contributed by atoms with E-state index in [1.165, 1.54) is 25.4 Å². The molecule has 0 fully saturated rings. The number of halogens is 1. The van der Waals surface area contributed by atoms with Crippen LogP contribution < -0.4 is 4.74 Å². The largest absolute Gasteiger partial charge is 0.504 e. The van der Waals surface area contributed by atoms with Crippen molar-refractivity contribution in [2.75, 3.05) is 7.11 Å². The number of phenols is 1. The average molecular weight is 337 g/mol. The molecule has 0 aliphatic heterocycles. The number of aromatic nitrogens is 2. The Morgan fingerprint density at radius 3 is 2.85 bits per heavy atom. The summed E-state index contributed by atoms with van der Waals surface area (Å²) in [6, 6.07) is 3.17. The highest BCUT2D eigenvalue weighted by atomic mass is 79.9. The Hall–Kier alpha value is -2.08. The number of aromatic hydroxyl groups is 1. The third-order valence-corrected chi connectivity index (χ3v) is 3.39. The second-order valence-electron chi connectivity index (χ2n) is 4.15. The van der Waals surface area contributed by atoms with Gasteiger partial charge in [0.15, 0.2) is 17.3 Å². The molecule has 0 saturated carbocycles. The van der Waals surface area contributed by atoms with Gasteiger partial charge in [0.2, 0.25) is 0 Å². The van der Waals surface area contributed by atoms with Crippen molar-refractivity contribution in [3.05, 3.63) is 46.2 Å². The smallest absolute Gasteiger partial charge is 0.189 e. The standard InChI is InChI=1S/C14H13BrN2O3/c1-17-8-10(7-16-17)12(18)4-3-9-5-14(20-2)13(19)6-11(9)15/h3-8,19H,1-2H3. The van der Waals surface area contributed by atoms with Crippen LogP contribution in [0.25, 0.3) is 6.08 Å². The number of hydrogen-bond donors (Lipinski definition) is 1. The quantitative estimate of drug-likeness (QED) is 0.688. The summed E-state index contributed by atoms with van der Waals surface area (Å²) in [7, 11) is 3.22. The lowest BCUT2D eigenvalue weighted by Gasteiger charge is -2.06. The number of phenolic OH excluding ortho intramolecular Hbond substituents is 1. The minimum atomic E-state index is -0.142. The fraction of sp³-hybridized carbons (Fsp3) is 0.143. The molecule has 5 nitrogen and oxygen atoms in total. The minimum absolute atomic E-state index is 0.0371. The second-order valence-corrected chi connectivity index (χ2v) is 5.00. The molecule has 1 aromatic heterocycles. The van der Waals surface area contributed by atoms with Gasteiger partial charge in [0.1, 0.15) is 0 Å². The lowest BCUT2D eigenvalue weighted by Crippen LogP contribution is -1.92. The number of hydrogen-bond acceptors (Lipinski definition) is 4. The highest BCUT2D eigenvalue weighted by molar-refractivity contribution is 9.10. The zero-order chi connectivity index (χ0) is 14.7. The lowest BCUT2D eigenvalue weighted by molar-refractivity contribution is 0.104. The summed E-state index contributed by atoms with van der Waals surface area (Å²) < 4.78 is 7.27. The van der Waals surface area contributed by atoms with Crippen LogP contribution in [0, 0.1) is 0 Å². The molecule has 1 heterocycles. The predicted octanol–water partition coefficient (Wildman–Crippen LogP) is 2.79. The number of allylic oxidation sites excluding steroid dienone is 1. The molecule has 0 saturated heterocycles. The number of carbonyl (C=O) groups excluding carboxylic acids is 1. The molecular weight excluding hydrogens is 324 g/mol. The van der Waals surface area contributed by atoms with Gasteiger partial charge in [-0.2, -0.15) is 5.10 Å². The maximum absolute atomic E-state index is 11.9. The van der Waals surface area contributed by atoms with Crippen molar-refractivity contribution >= 4 is 27.8 Å². The van der Waals surface area contributed by atoms with Gasteiger partial charge in [-0.15, -0.1) is 0 Å². The van der Waals surface area contributed by atoms with E-state index in [9.17, 15) is 9.90 Å². The number of rotatable bonds is 4. The van der Waals surface area contributed by atoms with Crippen LogP contribution in [0.3, 0.4) is 0 Å². The molecule has 0 atom stereocenters. The molecule has 1 aromatic carbocycles. The summed E-state index contributed by atoms with van der Waals surface area (Å²) in [4.78, 5) is 11.9. The number of methoxy groups -OCH3 is 1. The maximum Gasteiger partial charge on any atom is 0.189 e. The van der Waals surface area contributed by atoms with E-state index in [1.807, 2.05) is 0 Å². The molecule has 0 spiro atoms. The molecule has 0 bridgehead atoms. The van der Waals surface area contributed by atoms with Crippen molar-refractivity contribution in [3.8, 4) is 11.5 Å². The molecule has 20 heavy (non-hydrogen) atoms. The Morgan fingerprint density at radius 1 is 1.50 bits per heavy atom. The molecule has 1 N–H and O–H groups in total. The molecular formula is C14H13BrN2O3. The van der Waals surface area contributed by atoms with Crippen molar-refractivity contribution in [2.45, 2.75) is 0 Å². The average Bonchev–Trinajstić information content (AvgIpc) is 2.84. The first-order valence-electron chi connectivity index (χ1n) is 5.79. The van der Waals surface area contributed by atoms with Crippen LogP contribution >= 0.6 is 15.9 Å². The lowest BCUT2D eigenvalue weighted by atomic mass is 10.1. The van der Waals surface area contributed by atoms with Crippen LogP contribution in [-0.2, 0) is 7.05 Å². The van der Waals surface area contributed by atoms with E-state index in [2.05, 4.69) is 21.0 Å². The van der Waals surface area contributed by atoms with Gasteiger partial charge >= 0.3 is 0 Å². The number of benzene rings is 1. The fourth-order valence-corrected chi connectivity index (χ4v) is 2.12. The van der Waals surface area contributed by atoms with Gasteiger partial charge in [-0.3, -0.25) is 9.48 Å². The van der Waals surface area contributed by atoms with Gasteiger partial charge in [0.25, 0.3) is 0 Å². The summed E-state index contributed by atoms with van der Waals surface area (Å²) in [5.74, 6) is 0.244. The Kier molecular flexibility index (Phi) is 4.24. The number of ether oxygens (including phenoxy) is 1. The summed E-state index contributed by atoms with van der Waals surface area (Å²) >= 11 is 3.33. The van der Waals surface area contributed by atoms with E-state index < -0.39 is 0 Å². The molecule has 0 radical (unpaired) electrons. The van der Waals surface area contributed by atoms with Gasteiger partial charge in [-0.25, -0.2) is 0 Å². The normalized spacial score (nSPS) is 10.9. The maximum atomic E-state index is 11.9. The zero-order valence-electron chi connectivity index (χ0n) is 11.0. The molecule has 0 aliphatic rings. The van der Waals surface area contributed by atoms with Gasteiger partial charge in [-0.1, -0.05) is 15.9 Å². The second kappa shape index (κ2) is 5.92. The zero-order valence-corrected chi connectivity index (χ0v) is 12.6. The van der Waals surface area contributed by atoms with Crippen LogP contribution in [0.15, 0.2) is 35.1 Å². The number of nitrogens with zero attached hydrogens (tertiary/aromatic N) is 2. The van der Waals surface area contributed by atoms with E-state index in [0.29, 0.717) is 15.8 Å². The summed E-state index contributed by atoms with van der Waals surface area (Å²) in [6.07, 6.45) is 6.27. The Bertz CT molecular complexity index is 677. The molecule has 104 valence electrons. The van der Waals surface area contributed by atoms with Gasteiger partial charge in [0.05, 0.1) is 18.9 Å². The SMILES string of the molecule is COc1cc(C=CC(=O)c2cnn(C)c2)c(Br)cc1O. The monoisotopic (exact) mass is 336 g/mol. The van der Waals surface area contributed by atoms with Crippen molar-refractivity contribution < 1.29 is 14.6 Å². The van der Waals surface area contributed by atoms with E-state index in [1.54, 1.807) is 30.1 Å². The third kappa shape index (κ3) is 3.08. The predicted molar refractivity (Wildman–Crippen MR) is 78.9 cm³/mol. The van der Waals surface area contributed by atoms with Crippen LogP contribution in [0.2, 0.25) is 0 Å². The van der Waals surface area contributed by atoms with E-state index >= 15 is 0 Å². The van der Waals surface area contributed by atoms with Crippen LogP contribution in [-0.4, -0.2) is 27.8 Å². The molecule has 6 heteroatoms.